The molecule has 1 heterocycles. The smallest absolute Gasteiger partial charge is 0.0527 e. The quantitative estimate of drug-likeness (QED) is 0.355. The molecule has 0 fully saturated rings. The van der Waals surface area contributed by atoms with Crippen LogP contribution >= 0.6 is 45.8 Å². The Hall–Kier alpha value is -0.750. The van der Waals surface area contributed by atoms with Crippen molar-refractivity contribution in [2.24, 2.45) is 5.73 Å². The summed E-state index contributed by atoms with van der Waals surface area (Å²) in [4.78, 5) is 3.51. The van der Waals surface area contributed by atoms with Crippen LogP contribution in [0.25, 0.3) is 22.2 Å². The molecule has 0 amide bonds. The topological polar surface area (TPSA) is 41.8 Å². The normalized spacial score (nSPS) is 11.3. The van der Waals surface area contributed by atoms with Crippen molar-refractivity contribution in [1.82, 2.24) is 4.98 Å². The second-order valence-corrected chi connectivity index (χ2v) is 7.57. The van der Waals surface area contributed by atoms with Crippen LogP contribution < -0.4 is 5.73 Å². The fourth-order valence-corrected chi connectivity index (χ4v) is 3.95. The molecule has 0 bridgehead atoms. The van der Waals surface area contributed by atoms with Crippen molar-refractivity contribution in [1.29, 1.82) is 0 Å². The molecule has 5 heteroatoms. The second kappa shape index (κ2) is 7.43. The maximum atomic E-state index is 6.43. The van der Waals surface area contributed by atoms with Crippen LogP contribution in [0.1, 0.15) is 18.4 Å². The van der Waals surface area contributed by atoms with Gasteiger partial charge in [-0.05, 0) is 84.3 Å². The van der Waals surface area contributed by atoms with Gasteiger partial charge < -0.3 is 10.7 Å². The number of unbranched alkanes of at least 4 members (excludes halogenated alkanes) is 1. The molecule has 3 N–H and O–H groups in total. The molecular weight excluding hydrogens is 442 g/mol. The number of H-pyrrole nitrogens is 1. The zero-order valence-corrected chi connectivity index (χ0v) is 16.2. The predicted molar refractivity (Wildman–Crippen MR) is 108 cm³/mol. The van der Waals surface area contributed by atoms with Crippen LogP contribution in [0.5, 0.6) is 0 Å². The lowest BCUT2D eigenvalue weighted by molar-refractivity contribution is 0.748. The summed E-state index contributed by atoms with van der Waals surface area (Å²) in [6, 6.07) is 12.0. The van der Waals surface area contributed by atoms with Crippen molar-refractivity contribution in [3.63, 3.8) is 0 Å². The molecule has 0 saturated carbocycles. The number of benzene rings is 2. The van der Waals surface area contributed by atoms with E-state index in [1.165, 1.54) is 14.5 Å². The molecule has 0 aliphatic carbocycles. The summed E-state index contributed by atoms with van der Waals surface area (Å²) in [6.45, 7) is 0.710. The lowest BCUT2D eigenvalue weighted by Gasteiger charge is -2.09. The van der Waals surface area contributed by atoms with Gasteiger partial charge >= 0.3 is 0 Å². The van der Waals surface area contributed by atoms with E-state index in [2.05, 4.69) is 45.8 Å². The fraction of sp³-hybridized carbons (Fsp3) is 0.222. The number of nitrogens with two attached hydrogens (primary N) is 1. The Morgan fingerprint density at radius 2 is 1.78 bits per heavy atom. The Kier molecular flexibility index (Phi) is 5.52. The third-order valence-corrected chi connectivity index (χ3v) is 5.26. The van der Waals surface area contributed by atoms with Crippen molar-refractivity contribution >= 4 is 56.7 Å². The van der Waals surface area contributed by atoms with Crippen LogP contribution in [0.15, 0.2) is 36.4 Å². The predicted octanol–water partition coefficient (Wildman–Crippen LogP) is 6.03. The first kappa shape index (κ1) is 17.1. The molecule has 23 heavy (non-hydrogen) atoms. The van der Waals surface area contributed by atoms with E-state index < -0.39 is 0 Å². The highest BCUT2D eigenvalue weighted by Gasteiger charge is 2.17. The molecule has 2 aromatic carbocycles. The third kappa shape index (κ3) is 3.53. The third-order valence-electron chi connectivity index (χ3n) is 3.96. The summed E-state index contributed by atoms with van der Waals surface area (Å²) < 4.78 is 1.21. The molecule has 0 aliphatic rings. The van der Waals surface area contributed by atoms with E-state index in [1.54, 1.807) is 0 Å². The highest BCUT2D eigenvalue weighted by Crippen LogP contribution is 2.39. The number of aromatic nitrogens is 1. The first-order valence-electron chi connectivity index (χ1n) is 7.56. The Bertz CT molecular complexity index is 822. The summed E-state index contributed by atoms with van der Waals surface area (Å²) in [5.41, 5.74) is 9.93. The minimum Gasteiger partial charge on any atom is -0.354 e. The number of aromatic amines is 1. The highest BCUT2D eigenvalue weighted by molar-refractivity contribution is 14.1. The number of hydrogen-bond donors (Lipinski definition) is 2. The van der Waals surface area contributed by atoms with Crippen molar-refractivity contribution in [3.8, 4) is 11.3 Å². The molecule has 0 aliphatic heterocycles. The maximum absolute atomic E-state index is 6.43. The zero-order valence-electron chi connectivity index (χ0n) is 12.5. The molecule has 0 radical (unpaired) electrons. The summed E-state index contributed by atoms with van der Waals surface area (Å²) in [5, 5.41) is 2.57. The van der Waals surface area contributed by atoms with Crippen LogP contribution in [0.4, 0.5) is 0 Å². The molecule has 1 aromatic heterocycles. The Balaban J connectivity index is 2.20. The molecule has 3 rings (SSSR count). The van der Waals surface area contributed by atoms with Gasteiger partial charge in [-0.1, -0.05) is 29.3 Å². The minimum absolute atomic E-state index is 0.666. The van der Waals surface area contributed by atoms with Crippen LogP contribution in [-0.2, 0) is 6.42 Å². The first-order valence-corrected chi connectivity index (χ1v) is 9.40. The lowest BCUT2D eigenvalue weighted by Crippen LogP contribution is -1.99. The number of halogens is 3. The van der Waals surface area contributed by atoms with Gasteiger partial charge in [0.1, 0.15) is 0 Å². The number of hydrogen-bond acceptors (Lipinski definition) is 1. The maximum Gasteiger partial charge on any atom is 0.0527 e. The largest absolute Gasteiger partial charge is 0.354 e. The fourth-order valence-electron chi connectivity index (χ4n) is 2.88. The standard InChI is InChI=1S/C18H17Cl2IN2/c19-14-5-3-6-15(20)17(14)18-12(4-1-2-9-22)13-10-11(21)7-8-16(13)23-18/h3,5-8,10,23H,1-2,4,9,22H2. The van der Waals surface area contributed by atoms with Gasteiger partial charge in [0.2, 0.25) is 0 Å². The van der Waals surface area contributed by atoms with Gasteiger partial charge in [0.25, 0.3) is 0 Å². The Morgan fingerprint density at radius 3 is 2.48 bits per heavy atom. The van der Waals surface area contributed by atoms with Gasteiger partial charge in [0, 0.05) is 20.0 Å². The zero-order chi connectivity index (χ0) is 16.4. The van der Waals surface area contributed by atoms with Gasteiger partial charge in [-0.2, -0.15) is 0 Å². The molecule has 0 unspecified atom stereocenters. The van der Waals surface area contributed by atoms with Crippen LogP contribution in [-0.4, -0.2) is 11.5 Å². The average molecular weight is 459 g/mol. The number of fused-ring (bicyclic) bond motifs is 1. The number of aryl methyl sites for hydroxylation is 1. The van der Waals surface area contributed by atoms with Crippen molar-refractivity contribution in [2.45, 2.75) is 19.3 Å². The summed E-state index contributed by atoms with van der Waals surface area (Å²) >= 11 is 15.2. The summed E-state index contributed by atoms with van der Waals surface area (Å²) in [6.07, 6.45) is 3.00. The van der Waals surface area contributed by atoms with E-state index >= 15 is 0 Å². The Labute approximate surface area is 159 Å². The average Bonchev–Trinajstić information content (AvgIpc) is 2.85. The van der Waals surface area contributed by atoms with E-state index in [0.29, 0.717) is 16.6 Å². The van der Waals surface area contributed by atoms with Crippen molar-refractivity contribution in [2.75, 3.05) is 6.54 Å². The highest BCUT2D eigenvalue weighted by atomic mass is 127. The molecule has 2 nitrogen and oxygen atoms in total. The molecule has 0 spiro atoms. The van der Waals surface area contributed by atoms with Gasteiger partial charge in [0.15, 0.2) is 0 Å². The van der Waals surface area contributed by atoms with E-state index in [-0.39, 0.29) is 0 Å². The molecular formula is C18H17Cl2IN2. The van der Waals surface area contributed by atoms with Crippen LogP contribution in [0.3, 0.4) is 0 Å². The van der Waals surface area contributed by atoms with Crippen LogP contribution in [0.2, 0.25) is 10.0 Å². The minimum atomic E-state index is 0.666. The van der Waals surface area contributed by atoms with E-state index in [9.17, 15) is 0 Å². The summed E-state index contributed by atoms with van der Waals surface area (Å²) in [5.74, 6) is 0. The monoisotopic (exact) mass is 458 g/mol. The molecule has 0 atom stereocenters. The van der Waals surface area contributed by atoms with Gasteiger partial charge in [-0.25, -0.2) is 0 Å². The van der Waals surface area contributed by atoms with Gasteiger partial charge in [-0.3, -0.25) is 0 Å². The molecule has 3 aromatic rings. The Morgan fingerprint density at radius 1 is 1.04 bits per heavy atom. The lowest BCUT2D eigenvalue weighted by atomic mass is 10.00. The van der Waals surface area contributed by atoms with E-state index in [0.717, 1.165) is 36.0 Å². The summed E-state index contributed by atoms with van der Waals surface area (Å²) in [7, 11) is 0. The first-order chi connectivity index (χ1) is 11.1. The van der Waals surface area contributed by atoms with E-state index in [4.69, 9.17) is 28.9 Å². The molecule has 120 valence electrons. The van der Waals surface area contributed by atoms with Gasteiger partial charge in [0.05, 0.1) is 15.7 Å². The van der Waals surface area contributed by atoms with Gasteiger partial charge in [-0.15, -0.1) is 0 Å². The number of nitrogens with one attached hydrogen (secondary N) is 1. The van der Waals surface area contributed by atoms with Crippen LogP contribution in [0, 0.1) is 3.57 Å². The van der Waals surface area contributed by atoms with Crippen molar-refractivity contribution in [3.05, 3.63) is 55.6 Å². The van der Waals surface area contributed by atoms with E-state index in [1.807, 2.05) is 18.2 Å². The number of rotatable bonds is 5. The van der Waals surface area contributed by atoms with Crippen molar-refractivity contribution < 1.29 is 0 Å². The second-order valence-electron chi connectivity index (χ2n) is 5.51. The molecule has 0 saturated heterocycles. The SMILES string of the molecule is NCCCCc1c(-c2c(Cl)cccc2Cl)[nH]c2ccc(I)cc12.